The van der Waals surface area contributed by atoms with Gasteiger partial charge in [0.2, 0.25) is 0 Å². The van der Waals surface area contributed by atoms with Gasteiger partial charge in [0.05, 0.1) is 21.9 Å². The van der Waals surface area contributed by atoms with Gasteiger partial charge in [-0.2, -0.15) is 0 Å². The zero-order valence-corrected chi connectivity index (χ0v) is 17.7. The number of ketones is 1. The lowest BCUT2D eigenvalue weighted by Gasteiger charge is -2.30. The molecule has 0 unspecified atom stereocenters. The van der Waals surface area contributed by atoms with Crippen molar-refractivity contribution in [1.82, 2.24) is 0 Å². The second-order valence-electron chi connectivity index (χ2n) is 7.75. The Morgan fingerprint density at radius 2 is 1.60 bits per heavy atom. The lowest BCUT2D eigenvalue weighted by atomic mass is 9.78. The predicted octanol–water partition coefficient (Wildman–Crippen LogP) is 6.57. The Labute approximate surface area is 183 Å². The minimum atomic E-state index is -0.350. The highest BCUT2D eigenvalue weighted by Crippen LogP contribution is 2.44. The number of Topliss-reactive ketones (excluding diaryl/α,β-unsaturated/α-hetero) is 1. The summed E-state index contributed by atoms with van der Waals surface area (Å²) in [5.74, 6) is -0.0709. The van der Waals surface area contributed by atoms with E-state index in [9.17, 15) is 9.18 Å². The number of hydrogen-bond donors (Lipinski definition) is 2. The molecule has 2 N–H and O–H groups in total. The minimum Gasteiger partial charge on any atom is -0.372 e. The van der Waals surface area contributed by atoms with E-state index < -0.39 is 0 Å². The fourth-order valence-electron chi connectivity index (χ4n) is 4.40. The molecular formula is C25H20BrFN2O. The van der Waals surface area contributed by atoms with E-state index in [0.717, 1.165) is 34.6 Å². The third-order valence-corrected chi connectivity index (χ3v) is 6.46. The third-order valence-electron chi connectivity index (χ3n) is 5.86. The Balaban J connectivity index is 1.63. The van der Waals surface area contributed by atoms with Gasteiger partial charge in [0.25, 0.3) is 0 Å². The number of carbonyl (C=O) groups is 1. The maximum absolute atomic E-state index is 13.9. The third kappa shape index (κ3) is 3.43. The Kier molecular flexibility index (Phi) is 4.91. The van der Waals surface area contributed by atoms with Crippen molar-refractivity contribution < 1.29 is 9.18 Å². The van der Waals surface area contributed by atoms with Gasteiger partial charge in [0.15, 0.2) is 5.78 Å². The second kappa shape index (κ2) is 7.73. The Morgan fingerprint density at radius 1 is 0.867 bits per heavy atom. The van der Waals surface area contributed by atoms with Gasteiger partial charge < -0.3 is 10.6 Å². The molecule has 3 nitrogen and oxygen atoms in total. The van der Waals surface area contributed by atoms with Crippen LogP contribution in [0, 0.1) is 5.82 Å². The summed E-state index contributed by atoms with van der Waals surface area (Å²) < 4.78 is 14.3. The van der Waals surface area contributed by atoms with Gasteiger partial charge in [0.1, 0.15) is 5.82 Å². The van der Waals surface area contributed by atoms with E-state index in [1.54, 1.807) is 12.1 Å². The van der Waals surface area contributed by atoms with Crippen molar-refractivity contribution in [2.24, 2.45) is 0 Å². The smallest absolute Gasteiger partial charge is 0.163 e. The maximum Gasteiger partial charge on any atom is 0.163 e. The molecule has 30 heavy (non-hydrogen) atoms. The molecular weight excluding hydrogens is 443 g/mol. The van der Waals surface area contributed by atoms with Gasteiger partial charge in [-0.25, -0.2) is 4.39 Å². The highest BCUT2D eigenvalue weighted by atomic mass is 79.9. The van der Waals surface area contributed by atoms with Crippen molar-refractivity contribution in [3.05, 3.63) is 105 Å². The second-order valence-corrected chi connectivity index (χ2v) is 8.61. The first-order valence-electron chi connectivity index (χ1n) is 9.99. The van der Waals surface area contributed by atoms with E-state index in [1.165, 1.54) is 11.6 Å². The number of benzene rings is 3. The minimum absolute atomic E-state index is 0.114. The van der Waals surface area contributed by atoms with Crippen molar-refractivity contribution in [3.8, 4) is 0 Å². The molecule has 150 valence electrons. The Hall–Kier alpha value is -2.92. The summed E-state index contributed by atoms with van der Waals surface area (Å²) in [4.78, 5) is 13.4. The molecule has 1 heterocycles. The van der Waals surface area contributed by atoms with Crippen LogP contribution in [0.3, 0.4) is 0 Å². The normalized spacial score (nSPS) is 20.5. The molecule has 3 aromatic carbocycles. The van der Waals surface area contributed by atoms with Crippen LogP contribution in [0.4, 0.5) is 15.8 Å². The Bertz CT molecular complexity index is 1160. The van der Waals surface area contributed by atoms with E-state index in [2.05, 4.69) is 38.7 Å². The first-order chi connectivity index (χ1) is 14.6. The number of para-hydroxylation sites is 2. The van der Waals surface area contributed by atoms with Crippen molar-refractivity contribution in [2.45, 2.75) is 24.8 Å². The number of nitrogens with one attached hydrogen (secondary N) is 2. The van der Waals surface area contributed by atoms with Crippen LogP contribution >= 0.6 is 15.9 Å². The highest BCUT2D eigenvalue weighted by molar-refractivity contribution is 9.10. The van der Waals surface area contributed by atoms with Crippen LogP contribution in [-0.4, -0.2) is 5.78 Å². The number of carbonyl (C=O) groups excluding carboxylic acids is 1. The number of hydrogen-bond acceptors (Lipinski definition) is 3. The first-order valence-corrected chi connectivity index (χ1v) is 10.8. The summed E-state index contributed by atoms with van der Waals surface area (Å²) in [7, 11) is 0. The van der Waals surface area contributed by atoms with Gasteiger partial charge in [-0.1, -0.05) is 48.5 Å². The maximum atomic E-state index is 13.9. The fourth-order valence-corrected chi connectivity index (χ4v) is 4.79. The van der Waals surface area contributed by atoms with Crippen LogP contribution < -0.4 is 10.6 Å². The molecule has 0 amide bonds. The van der Waals surface area contributed by atoms with Crippen LogP contribution in [0.25, 0.3) is 0 Å². The van der Waals surface area contributed by atoms with E-state index in [1.807, 2.05) is 42.5 Å². The van der Waals surface area contributed by atoms with E-state index in [-0.39, 0.29) is 23.6 Å². The highest BCUT2D eigenvalue weighted by Gasteiger charge is 2.36. The molecule has 0 radical (unpaired) electrons. The Morgan fingerprint density at radius 3 is 2.37 bits per heavy atom. The standard InChI is InChI=1S/C25H20BrFN2O/c26-18-12-16(10-11-19(18)27)25-24-22(28-20-8-4-5-9-21(20)29-25)13-17(14-23(24)30)15-6-2-1-3-7-15/h1-12,17,25,28-29H,13-14H2/t17-,25-/m0/s1. The topological polar surface area (TPSA) is 41.1 Å². The van der Waals surface area contributed by atoms with E-state index in [4.69, 9.17) is 0 Å². The molecule has 2 atom stereocenters. The van der Waals surface area contributed by atoms with Crippen LogP contribution in [0.1, 0.15) is 35.9 Å². The average Bonchev–Trinajstić information content (AvgIpc) is 2.93. The summed E-state index contributed by atoms with van der Waals surface area (Å²) in [6.45, 7) is 0. The molecule has 0 fully saturated rings. The summed E-state index contributed by atoms with van der Waals surface area (Å²) in [6, 6.07) is 22.7. The largest absolute Gasteiger partial charge is 0.372 e. The first kappa shape index (κ1) is 19.1. The SMILES string of the molecule is O=C1C[C@@H](c2ccccc2)CC2=C1[C@H](c1ccc(F)c(Br)c1)Nc1ccccc1N2. The molecule has 0 spiro atoms. The fraction of sp³-hybridized carbons (Fsp3) is 0.160. The molecule has 5 heteroatoms. The van der Waals surface area contributed by atoms with Gasteiger partial charge >= 0.3 is 0 Å². The molecule has 1 aliphatic carbocycles. The summed E-state index contributed by atoms with van der Waals surface area (Å²) in [5.41, 5.74) is 5.54. The number of halogens is 2. The monoisotopic (exact) mass is 462 g/mol. The van der Waals surface area contributed by atoms with Gasteiger partial charge in [-0.15, -0.1) is 0 Å². The zero-order chi connectivity index (χ0) is 20.7. The lowest BCUT2D eigenvalue weighted by Crippen LogP contribution is -2.26. The lowest BCUT2D eigenvalue weighted by molar-refractivity contribution is -0.116. The molecule has 3 aromatic rings. The van der Waals surface area contributed by atoms with Crippen molar-refractivity contribution in [2.75, 3.05) is 10.6 Å². The van der Waals surface area contributed by atoms with Crippen molar-refractivity contribution >= 4 is 33.1 Å². The molecule has 0 saturated heterocycles. The van der Waals surface area contributed by atoms with Crippen molar-refractivity contribution in [1.29, 1.82) is 0 Å². The molecule has 0 bridgehead atoms. The van der Waals surface area contributed by atoms with Gasteiger partial charge in [0, 0.05) is 17.7 Å². The molecule has 0 saturated carbocycles. The number of anilines is 2. The summed E-state index contributed by atoms with van der Waals surface area (Å²) in [5, 5.41) is 7.05. The average molecular weight is 463 g/mol. The summed E-state index contributed by atoms with van der Waals surface area (Å²) >= 11 is 3.29. The molecule has 0 aromatic heterocycles. The molecule has 2 aliphatic rings. The quantitative estimate of drug-likeness (QED) is 0.452. The van der Waals surface area contributed by atoms with Gasteiger partial charge in [-0.3, -0.25) is 4.79 Å². The number of allylic oxidation sites excluding steroid dienone is 1. The van der Waals surface area contributed by atoms with Crippen LogP contribution in [-0.2, 0) is 4.79 Å². The van der Waals surface area contributed by atoms with E-state index >= 15 is 0 Å². The van der Waals surface area contributed by atoms with E-state index in [0.29, 0.717) is 10.9 Å². The zero-order valence-electron chi connectivity index (χ0n) is 16.2. The van der Waals surface area contributed by atoms with Crippen LogP contribution in [0.15, 0.2) is 88.5 Å². The van der Waals surface area contributed by atoms with Crippen LogP contribution in [0.2, 0.25) is 0 Å². The molecule has 5 rings (SSSR count). The van der Waals surface area contributed by atoms with Crippen molar-refractivity contribution in [3.63, 3.8) is 0 Å². The molecule has 1 aliphatic heterocycles. The number of fused-ring (bicyclic) bond motifs is 1. The van der Waals surface area contributed by atoms with Crippen LogP contribution in [0.5, 0.6) is 0 Å². The number of rotatable bonds is 2. The summed E-state index contributed by atoms with van der Waals surface area (Å²) in [6.07, 6.45) is 1.21. The van der Waals surface area contributed by atoms with Gasteiger partial charge in [-0.05, 0) is 63.7 Å². The predicted molar refractivity (Wildman–Crippen MR) is 121 cm³/mol.